The van der Waals surface area contributed by atoms with E-state index in [2.05, 4.69) is 4.98 Å². The zero-order valence-electron chi connectivity index (χ0n) is 8.01. The average Bonchev–Trinajstić information content (AvgIpc) is 2.60. The van der Waals surface area contributed by atoms with Crippen LogP contribution in [0.2, 0.25) is 0 Å². The Labute approximate surface area is 93.5 Å². The Morgan fingerprint density at radius 2 is 1.81 bits per heavy atom. The minimum Gasteiger partial charge on any atom is -0.375 e. The first kappa shape index (κ1) is 10.9. The van der Waals surface area contributed by atoms with Crippen molar-refractivity contribution in [2.45, 2.75) is 6.42 Å². The highest BCUT2D eigenvalue weighted by atomic mass is 32.1. The van der Waals surface area contributed by atoms with Gasteiger partial charge in [-0.1, -0.05) is 0 Å². The molecule has 2 nitrogen and oxygen atoms in total. The molecule has 0 fully saturated rings. The predicted octanol–water partition coefficient (Wildman–Crippen LogP) is 2.73. The zero-order valence-corrected chi connectivity index (χ0v) is 8.82. The number of nitrogen functional groups attached to an aromatic ring is 1. The smallest absolute Gasteiger partial charge is 0.180 e. The SMILES string of the molecule is Nc1ncc(Cc2cc(F)c(F)cc2F)s1. The highest BCUT2D eigenvalue weighted by Crippen LogP contribution is 2.21. The van der Waals surface area contributed by atoms with E-state index < -0.39 is 17.5 Å². The molecule has 1 heterocycles. The summed E-state index contributed by atoms with van der Waals surface area (Å²) in [5, 5.41) is 0.359. The van der Waals surface area contributed by atoms with Crippen molar-refractivity contribution in [3.05, 3.63) is 46.2 Å². The van der Waals surface area contributed by atoms with Crippen LogP contribution in [0.25, 0.3) is 0 Å². The van der Waals surface area contributed by atoms with Crippen LogP contribution in [0.15, 0.2) is 18.3 Å². The van der Waals surface area contributed by atoms with Gasteiger partial charge in [0, 0.05) is 23.6 Å². The minimum atomic E-state index is -1.19. The van der Waals surface area contributed by atoms with Gasteiger partial charge in [-0.25, -0.2) is 18.2 Å². The Bertz CT molecular complexity index is 525. The summed E-state index contributed by atoms with van der Waals surface area (Å²) in [5.74, 6) is -3.02. The average molecular weight is 244 g/mol. The first-order valence-corrected chi connectivity index (χ1v) is 5.21. The largest absolute Gasteiger partial charge is 0.375 e. The van der Waals surface area contributed by atoms with Crippen molar-refractivity contribution in [3.8, 4) is 0 Å². The summed E-state index contributed by atoms with van der Waals surface area (Å²) in [5.41, 5.74) is 5.49. The van der Waals surface area contributed by atoms with Crippen molar-refractivity contribution >= 4 is 16.5 Å². The number of halogens is 3. The van der Waals surface area contributed by atoms with Crippen LogP contribution in [0.3, 0.4) is 0 Å². The molecule has 1 aromatic carbocycles. The van der Waals surface area contributed by atoms with E-state index in [1.807, 2.05) is 0 Å². The summed E-state index contributed by atoms with van der Waals surface area (Å²) in [6.07, 6.45) is 1.64. The minimum absolute atomic E-state index is 0.0857. The van der Waals surface area contributed by atoms with Gasteiger partial charge >= 0.3 is 0 Å². The lowest BCUT2D eigenvalue weighted by atomic mass is 10.1. The molecule has 0 aliphatic rings. The van der Waals surface area contributed by atoms with Crippen molar-refractivity contribution in [2.24, 2.45) is 0 Å². The van der Waals surface area contributed by atoms with Gasteiger partial charge in [0.05, 0.1) is 0 Å². The quantitative estimate of drug-likeness (QED) is 0.825. The van der Waals surface area contributed by atoms with Gasteiger partial charge in [-0.2, -0.15) is 0 Å². The standard InChI is InChI=1S/C10H7F3N2S/c11-7-3-9(13)8(12)2-5(7)1-6-4-15-10(14)16-6/h2-4H,1H2,(H2,14,15). The van der Waals surface area contributed by atoms with Gasteiger partial charge in [-0.3, -0.25) is 0 Å². The van der Waals surface area contributed by atoms with Gasteiger partial charge in [0.1, 0.15) is 5.82 Å². The van der Waals surface area contributed by atoms with E-state index >= 15 is 0 Å². The molecule has 0 atom stereocenters. The number of nitrogens with two attached hydrogens (primary N) is 1. The Morgan fingerprint density at radius 3 is 2.44 bits per heavy atom. The van der Waals surface area contributed by atoms with Gasteiger partial charge in [-0.15, -0.1) is 11.3 Å². The Morgan fingerprint density at radius 1 is 1.12 bits per heavy atom. The van der Waals surface area contributed by atoms with Gasteiger partial charge in [-0.05, 0) is 11.6 Å². The van der Waals surface area contributed by atoms with Crippen molar-refractivity contribution in [1.29, 1.82) is 0 Å². The fourth-order valence-corrected chi connectivity index (χ4v) is 2.00. The molecule has 16 heavy (non-hydrogen) atoms. The van der Waals surface area contributed by atoms with Crippen molar-refractivity contribution in [1.82, 2.24) is 4.98 Å². The number of thiazole rings is 1. The van der Waals surface area contributed by atoms with Crippen LogP contribution >= 0.6 is 11.3 Å². The molecule has 0 radical (unpaired) electrons. The van der Waals surface area contributed by atoms with E-state index in [1.54, 1.807) is 0 Å². The number of anilines is 1. The maximum absolute atomic E-state index is 13.3. The second kappa shape index (κ2) is 4.13. The molecule has 84 valence electrons. The molecule has 0 aliphatic carbocycles. The van der Waals surface area contributed by atoms with E-state index in [0.29, 0.717) is 16.1 Å². The zero-order chi connectivity index (χ0) is 11.7. The first-order chi connectivity index (χ1) is 7.56. The van der Waals surface area contributed by atoms with Gasteiger partial charge in [0.25, 0.3) is 0 Å². The highest BCUT2D eigenvalue weighted by Gasteiger charge is 2.11. The summed E-state index contributed by atoms with van der Waals surface area (Å²) >= 11 is 1.19. The van der Waals surface area contributed by atoms with Gasteiger partial charge < -0.3 is 5.73 Å². The number of benzene rings is 1. The maximum atomic E-state index is 13.3. The highest BCUT2D eigenvalue weighted by molar-refractivity contribution is 7.15. The number of aromatic nitrogens is 1. The molecule has 0 spiro atoms. The molecule has 0 saturated carbocycles. The van der Waals surface area contributed by atoms with Crippen LogP contribution in [0.4, 0.5) is 18.3 Å². The van der Waals surface area contributed by atoms with Crippen LogP contribution in [-0.4, -0.2) is 4.98 Å². The van der Waals surface area contributed by atoms with E-state index in [1.165, 1.54) is 17.5 Å². The van der Waals surface area contributed by atoms with E-state index in [0.717, 1.165) is 6.07 Å². The topological polar surface area (TPSA) is 38.9 Å². The van der Waals surface area contributed by atoms with Crippen LogP contribution in [0.1, 0.15) is 10.4 Å². The Hall–Kier alpha value is -1.56. The third kappa shape index (κ3) is 2.16. The van der Waals surface area contributed by atoms with Gasteiger partial charge in [0.15, 0.2) is 16.8 Å². The monoisotopic (exact) mass is 244 g/mol. The van der Waals surface area contributed by atoms with E-state index in [4.69, 9.17) is 5.73 Å². The van der Waals surface area contributed by atoms with Crippen molar-refractivity contribution in [3.63, 3.8) is 0 Å². The molecule has 2 N–H and O–H groups in total. The fraction of sp³-hybridized carbons (Fsp3) is 0.100. The third-order valence-electron chi connectivity index (χ3n) is 2.03. The summed E-state index contributed by atoms with van der Waals surface area (Å²) < 4.78 is 38.8. The molecule has 0 aliphatic heterocycles. The summed E-state index contributed by atoms with van der Waals surface area (Å²) in [4.78, 5) is 4.49. The van der Waals surface area contributed by atoms with Crippen molar-refractivity contribution < 1.29 is 13.2 Å². The number of rotatable bonds is 2. The van der Waals surface area contributed by atoms with Crippen LogP contribution in [0, 0.1) is 17.5 Å². The molecule has 0 saturated heterocycles. The third-order valence-corrected chi connectivity index (χ3v) is 2.85. The molecular formula is C10H7F3N2S. The second-order valence-corrected chi connectivity index (χ2v) is 4.35. The molecular weight excluding hydrogens is 237 g/mol. The molecule has 2 rings (SSSR count). The number of hydrogen-bond acceptors (Lipinski definition) is 3. The summed E-state index contributed by atoms with van der Waals surface area (Å²) in [6, 6.07) is 1.38. The van der Waals surface area contributed by atoms with Crippen molar-refractivity contribution in [2.75, 3.05) is 5.73 Å². The molecule has 1 aromatic heterocycles. The number of hydrogen-bond donors (Lipinski definition) is 1. The van der Waals surface area contributed by atoms with Crippen LogP contribution in [-0.2, 0) is 6.42 Å². The van der Waals surface area contributed by atoms with Crippen LogP contribution < -0.4 is 5.73 Å². The Kier molecular flexibility index (Phi) is 2.82. The van der Waals surface area contributed by atoms with Gasteiger partial charge in [0.2, 0.25) is 0 Å². The lowest BCUT2D eigenvalue weighted by Gasteiger charge is -2.01. The fourth-order valence-electron chi connectivity index (χ4n) is 1.29. The predicted molar refractivity (Wildman–Crippen MR) is 55.6 cm³/mol. The summed E-state index contributed by atoms with van der Waals surface area (Å²) in [6.45, 7) is 0. The molecule has 0 unspecified atom stereocenters. The number of nitrogens with zero attached hydrogens (tertiary/aromatic N) is 1. The normalized spacial score (nSPS) is 10.7. The maximum Gasteiger partial charge on any atom is 0.180 e. The Balaban J connectivity index is 2.31. The summed E-state index contributed by atoms with van der Waals surface area (Å²) in [7, 11) is 0. The van der Waals surface area contributed by atoms with Crippen LogP contribution in [0.5, 0.6) is 0 Å². The molecule has 0 amide bonds. The molecule has 0 bridgehead atoms. The first-order valence-electron chi connectivity index (χ1n) is 4.40. The molecule has 6 heteroatoms. The lowest BCUT2D eigenvalue weighted by Crippen LogP contribution is -1.95. The van der Waals surface area contributed by atoms with E-state index in [9.17, 15) is 13.2 Å². The molecule has 2 aromatic rings. The van der Waals surface area contributed by atoms with E-state index in [-0.39, 0.29) is 12.0 Å². The second-order valence-electron chi connectivity index (χ2n) is 3.20. The lowest BCUT2D eigenvalue weighted by molar-refractivity contribution is 0.491.